The molecule has 0 aliphatic carbocycles. The predicted molar refractivity (Wildman–Crippen MR) is 39.9 cm³/mol. The first-order valence-electron chi connectivity index (χ1n) is 2.68. The molecule has 0 saturated carbocycles. The van der Waals surface area contributed by atoms with Crippen LogP contribution < -0.4 is 4.74 Å². The minimum atomic E-state index is 0.461. The number of rotatable bonds is 2. The van der Waals surface area contributed by atoms with Gasteiger partial charge in [-0.25, -0.2) is 0 Å². The monoisotopic (exact) mass is 186 g/mol. The molecular weight excluding hydrogens is 184 g/mol. The Hall–Kier alpha value is -1.08. The molecule has 0 aliphatic heterocycles. The van der Waals surface area contributed by atoms with Gasteiger partial charge in [0.2, 0.25) is 0 Å². The van der Waals surface area contributed by atoms with E-state index in [0.29, 0.717) is 11.8 Å². The van der Waals surface area contributed by atoms with E-state index in [-0.39, 0.29) is 0 Å². The molecule has 2 heterocycles. The average Bonchev–Trinajstić information content (AvgIpc) is 2.60. The van der Waals surface area contributed by atoms with Crippen molar-refractivity contribution < 1.29 is 4.74 Å². The van der Waals surface area contributed by atoms with Crippen molar-refractivity contribution in [1.82, 2.24) is 17.5 Å². The number of nitrogens with zero attached hydrogens (tertiary/aromatic N) is 4. The van der Waals surface area contributed by atoms with Gasteiger partial charge in [0.05, 0.1) is 23.5 Å². The van der Waals surface area contributed by atoms with Gasteiger partial charge in [0.15, 0.2) is 0 Å². The molecule has 0 saturated heterocycles. The largest absolute Gasteiger partial charge is 0.415 e. The molecule has 0 amide bonds. The van der Waals surface area contributed by atoms with E-state index >= 15 is 0 Å². The summed E-state index contributed by atoms with van der Waals surface area (Å²) >= 11 is 2.18. The number of hydrogen-bond donors (Lipinski definition) is 0. The smallest absolute Gasteiger partial charge is 0.252 e. The lowest BCUT2D eigenvalue weighted by Crippen LogP contribution is -1.81. The van der Waals surface area contributed by atoms with Gasteiger partial charge in [-0.15, -0.1) is 8.75 Å². The van der Waals surface area contributed by atoms with Crippen molar-refractivity contribution >= 4 is 23.5 Å². The Morgan fingerprint density at radius 1 is 1.00 bits per heavy atom. The van der Waals surface area contributed by atoms with Crippen LogP contribution in [0.5, 0.6) is 11.8 Å². The van der Waals surface area contributed by atoms with Crippen molar-refractivity contribution in [2.45, 2.75) is 0 Å². The van der Waals surface area contributed by atoms with E-state index in [1.807, 2.05) is 0 Å². The van der Waals surface area contributed by atoms with Crippen molar-refractivity contribution in [3.63, 3.8) is 0 Å². The van der Waals surface area contributed by atoms with E-state index in [1.54, 1.807) is 0 Å². The zero-order valence-electron chi connectivity index (χ0n) is 5.17. The second-order valence-corrected chi connectivity index (χ2v) is 2.71. The van der Waals surface area contributed by atoms with E-state index in [2.05, 4.69) is 17.5 Å². The van der Waals surface area contributed by atoms with Crippen LogP contribution in [0.3, 0.4) is 0 Å². The van der Waals surface area contributed by atoms with E-state index in [9.17, 15) is 0 Å². The third kappa shape index (κ3) is 1.49. The highest BCUT2D eigenvalue weighted by atomic mass is 32.1. The Balaban J connectivity index is 2.14. The second kappa shape index (κ2) is 2.89. The number of hydrogen-bond acceptors (Lipinski definition) is 7. The van der Waals surface area contributed by atoms with Crippen LogP contribution in [0, 0.1) is 0 Å². The number of aromatic nitrogens is 4. The molecule has 0 spiro atoms. The van der Waals surface area contributed by atoms with Crippen LogP contribution in [-0.2, 0) is 0 Å². The zero-order valence-corrected chi connectivity index (χ0v) is 6.80. The molecule has 5 nitrogen and oxygen atoms in total. The van der Waals surface area contributed by atoms with Gasteiger partial charge in [0, 0.05) is 0 Å². The van der Waals surface area contributed by atoms with Gasteiger partial charge >= 0.3 is 0 Å². The lowest BCUT2D eigenvalue weighted by Gasteiger charge is -1.90. The highest BCUT2D eigenvalue weighted by molar-refractivity contribution is 6.99. The Kier molecular flexibility index (Phi) is 1.74. The molecule has 2 aromatic rings. The van der Waals surface area contributed by atoms with Crippen molar-refractivity contribution in [2.75, 3.05) is 0 Å². The lowest BCUT2D eigenvalue weighted by molar-refractivity contribution is 0.453. The minimum Gasteiger partial charge on any atom is -0.415 e. The first-order chi connectivity index (χ1) is 5.45. The summed E-state index contributed by atoms with van der Waals surface area (Å²) in [7, 11) is 0. The topological polar surface area (TPSA) is 60.8 Å². The van der Waals surface area contributed by atoms with Gasteiger partial charge < -0.3 is 4.74 Å². The predicted octanol–water partition coefficient (Wildman–Crippen LogP) is 1.18. The quantitative estimate of drug-likeness (QED) is 0.704. The van der Waals surface area contributed by atoms with Crippen LogP contribution >= 0.6 is 23.5 Å². The molecule has 0 aromatic carbocycles. The summed E-state index contributed by atoms with van der Waals surface area (Å²) in [6.07, 6.45) is 3.06. The highest BCUT2D eigenvalue weighted by Gasteiger charge is 2.00. The van der Waals surface area contributed by atoms with E-state index in [4.69, 9.17) is 4.74 Å². The molecule has 2 rings (SSSR count). The van der Waals surface area contributed by atoms with Crippen LogP contribution in [0.4, 0.5) is 0 Å². The Labute approximate surface area is 70.3 Å². The maximum Gasteiger partial charge on any atom is 0.252 e. The maximum absolute atomic E-state index is 5.13. The molecule has 11 heavy (non-hydrogen) atoms. The number of ether oxygens (including phenoxy) is 1. The molecule has 0 aliphatic rings. The average molecular weight is 186 g/mol. The van der Waals surface area contributed by atoms with Gasteiger partial charge in [-0.1, -0.05) is 0 Å². The van der Waals surface area contributed by atoms with Crippen molar-refractivity contribution in [2.24, 2.45) is 0 Å². The summed E-state index contributed by atoms with van der Waals surface area (Å²) in [6.45, 7) is 0. The normalized spacial score (nSPS) is 9.82. The lowest BCUT2D eigenvalue weighted by atomic mass is 10.8. The second-order valence-electron chi connectivity index (χ2n) is 1.59. The van der Waals surface area contributed by atoms with E-state index < -0.39 is 0 Å². The molecule has 2 aromatic heterocycles. The van der Waals surface area contributed by atoms with Crippen molar-refractivity contribution in [3.8, 4) is 11.8 Å². The van der Waals surface area contributed by atoms with Gasteiger partial charge in [-0.05, 0) is 0 Å². The van der Waals surface area contributed by atoms with E-state index in [0.717, 1.165) is 23.5 Å². The Morgan fingerprint density at radius 3 is 1.91 bits per heavy atom. The molecule has 0 radical (unpaired) electrons. The Bertz CT molecular complexity index is 272. The zero-order chi connectivity index (χ0) is 7.52. The van der Waals surface area contributed by atoms with Crippen LogP contribution in [-0.4, -0.2) is 17.5 Å². The fraction of sp³-hybridized carbons (Fsp3) is 0. The molecular formula is C4H2N4OS2. The molecule has 0 unspecified atom stereocenters. The van der Waals surface area contributed by atoms with Gasteiger partial charge in [-0.3, -0.25) is 0 Å². The van der Waals surface area contributed by atoms with Gasteiger partial charge in [0.25, 0.3) is 11.8 Å². The van der Waals surface area contributed by atoms with Crippen LogP contribution in [0.25, 0.3) is 0 Å². The van der Waals surface area contributed by atoms with E-state index in [1.165, 1.54) is 12.4 Å². The summed E-state index contributed by atoms with van der Waals surface area (Å²) in [4.78, 5) is 0. The molecule has 0 N–H and O–H groups in total. The molecule has 0 bridgehead atoms. The third-order valence-corrected chi connectivity index (χ3v) is 1.81. The summed E-state index contributed by atoms with van der Waals surface area (Å²) in [5, 5.41) is 0. The summed E-state index contributed by atoms with van der Waals surface area (Å²) < 4.78 is 20.3. The molecule has 0 atom stereocenters. The van der Waals surface area contributed by atoms with Crippen molar-refractivity contribution in [1.29, 1.82) is 0 Å². The highest BCUT2D eigenvalue weighted by Crippen LogP contribution is 2.15. The summed E-state index contributed by atoms with van der Waals surface area (Å²) in [5.74, 6) is 0.922. The standard InChI is InChI=1S/C4H2N4OS2/c1-3(7-10-5-1)9-4-2-6-11-8-4/h1-2H. The van der Waals surface area contributed by atoms with Gasteiger partial charge in [0.1, 0.15) is 12.4 Å². The van der Waals surface area contributed by atoms with Crippen LogP contribution in [0.1, 0.15) is 0 Å². The Morgan fingerprint density at radius 2 is 1.55 bits per heavy atom. The summed E-state index contributed by atoms with van der Waals surface area (Å²) in [5.41, 5.74) is 0. The van der Waals surface area contributed by atoms with Crippen LogP contribution in [0.15, 0.2) is 12.4 Å². The first-order valence-corrected chi connectivity index (χ1v) is 4.14. The van der Waals surface area contributed by atoms with Crippen molar-refractivity contribution in [3.05, 3.63) is 12.4 Å². The fourth-order valence-corrected chi connectivity index (χ4v) is 1.21. The first kappa shape index (κ1) is 6.62. The molecule has 56 valence electrons. The fourth-order valence-electron chi connectivity index (χ4n) is 0.509. The van der Waals surface area contributed by atoms with Gasteiger partial charge in [-0.2, -0.15) is 8.75 Å². The van der Waals surface area contributed by atoms with Crippen LogP contribution in [0.2, 0.25) is 0 Å². The minimum absolute atomic E-state index is 0.461. The molecule has 7 heteroatoms. The maximum atomic E-state index is 5.13. The third-order valence-electron chi connectivity index (χ3n) is 0.891. The molecule has 0 fully saturated rings. The summed E-state index contributed by atoms with van der Waals surface area (Å²) in [6, 6.07) is 0. The SMILES string of the molecule is c1nsnc1Oc1cnsn1.